The standard InChI is InChI=1S/C23H25BrF2N4O3/c1-22(21(27)32)5-3-6-30(22)20(31)19-28-17(13-10-23(25,26)11-13)18-14-9-15(24)16(33-2)8-12(14)4-7-29(18)19/h8-9,13H,3-7,10-11H2,1-2H3,(H2,27,32)/t22-/m1/s1. The molecule has 1 saturated heterocycles. The lowest BCUT2D eigenvalue weighted by molar-refractivity contribution is -0.126. The van der Waals surface area contributed by atoms with Gasteiger partial charge in [0.25, 0.3) is 5.91 Å². The molecular formula is C23H25BrF2N4O3. The van der Waals surface area contributed by atoms with Gasteiger partial charge in [0.1, 0.15) is 11.3 Å². The van der Waals surface area contributed by atoms with Crippen LogP contribution in [-0.2, 0) is 17.8 Å². The Balaban J connectivity index is 1.64. The zero-order chi connectivity index (χ0) is 23.7. The van der Waals surface area contributed by atoms with Gasteiger partial charge in [-0.1, -0.05) is 0 Å². The van der Waals surface area contributed by atoms with Crippen molar-refractivity contribution in [3.63, 3.8) is 0 Å². The summed E-state index contributed by atoms with van der Waals surface area (Å²) in [5.74, 6) is -3.23. The van der Waals surface area contributed by atoms with Gasteiger partial charge in [0.2, 0.25) is 11.8 Å². The third-order valence-electron chi connectivity index (χ3n) is 7.32. The molecule has 176 valence electrons. The van der Waals surface area contributed by atoms with Gasteiger partial charge >= 0.3 is 0 Å². The molecule has 10 heteroatoms. The smallest absolute Gasteiger partial charge is 0.290 e. The monoisotopic (exact) mass is 522 g/mol. The van der Waals surface area contributed by atoms with Gasteiger partial charge in [0, 0.05) is 37.4 Å². The van der Waals surface area contributed by atoms with E-state index in [9.17, 15) is 18.4 Å². The maximum Gasteiger partial charge on any atom is 0.290 e. The van der Waals surface area contributed by atoms with Crippen LogP contribution in [0.15, 0.2) is 16.6 Å². The van der Waals surface area contributed by atoms with Crippen LogP contribution in [0.25, 0.3) is 11.3 Å². The molecule has 7 nitrogen and oxygen atoms in total. The summed E-state index contributed by atoms with van der Waals surface area (Å²) in [6.45, 7) is 2.55. The number of rotatable bonds is 4. The summed E-state index contributed by atoms with van der Waals surface area (Å²) in [7, 11) is 1.59. The van der Waals surface area contributed by atoms with Crippen molar-refractivity contribution in [2.24, 2.45) is 5.73 Å². The van der Waals surface area contributed by atoms with Crippen LogP contribution in [0.4, 0.5) is 8.78 Å². The number of hydrogen-bond acceptors (Lipinski definition) is 4. The SMILES string of the molecule is COc1cc2c(cc1Br)-c1c(C3CC(F)(F)C3)nc(C(=O)N3CCC[C@]3(C)C(N)=O)n1CC2. The van der Waals surface area contributed by atoms with E-state index in [0.717, 1.165) is 15.6 Å². The number of benzene rings is 1. The van der Waals surface area contributed by atoms with Crippen LogP contribution in [-0.4, -0.2) is 51.4 Å². The molecule has 1 aliphatic carbocycles. The highest BCUT2D eigenvalue weighted by Gasteiger charge is 2.50. The number of aryl methyl sites for hydroxylation is 1. The first-order chi connectivity index (χ1) is 15.6. The van der Waals surface area contributed by atoms with Crippen molar-refractivity contribution < 1.29 is 23.1 Å². The Hall–Kier alpha value is -2.49. The molecule has 3 heterocycles. The lowest BCUT2D eigenvalue weighted by atomic mass is 9.77. The maximum atomic E-state index is 13.8. The van der Waals surface area contributed by atoms with Crippen molar-refractivity contribution in [1.82, 2.24) is 14.5 Å². The van der Waals surface area contributed by atoms with Crippen molar-refractivity contribution in [2.75, 3.05) is 13.7 Å². The number of likely N-dealkylation sites (tertiary alicyclic amines) is 1. The van der Waals surface area contributed by atoms with E-state index in [-0.39, 0.29) is 24.6 Å². The van der Waals surface area contributed by atoms with Gasteiger partial charge in [0.05, 0.1) is 23.0 Å². The second-order valence-electron chi connectivity index (χ2n) is 9.37. The number of carbonyl (C=O) groups excluding carboxylic acids is 2. The highest BCUT2D eigenvalue weighted by Crippen LogP contribution is 2.51. The van der Waals surface area contributed by atoms with E-state index in [4.69, 9.17) is 10.5 Å². The molecular weight excluding hydrogens is 498 g/mol. The molecule has 1 aromatic heterocycles. The highest BCUT2D eigenvalue weighted by molar-refractivity contribution is 9.10. The average Bonchev–Trinajstić information content (AvgIpc) is 3.33. The Bertz CT molecular complexity index is 1170. The molecule has 3 aliphatic rings. The van der Waals surface area contributed by atoms with Crippen LogP contribution in [0, 0.1) is 0 Å². The highest BCUT2D eigenvalue weighted by atomic mass is 79.9. The Morgan fingerprint density at radius 2 is 2.00 bits per heavy atom. The molecule has 33 heavy (non-hydrogen) atoms. The molecule has 5 rings (SSSR count). The maximum absolute atomic E-state index is 13.8. The zero-order valence-corrected chi connectivity index (χ0v) is 20.0. The summed E-state index contributed by atoms with van der Waals surface area (Å²) in [4.78, 5) is 32.0. The first-order valence-corrected chi connectivity index (χ1v) is 11.8. The third kappa shape index (κ3) is 3.36. The summed E-state index contributed by atoms with van der Waals surface area (Å²) in [6.07, 6.45) is 1.20. The second-order valence-corrected chi connectivity index (χ2v) is 10.2. The fraction of sp³-hybridized carbons (Fsp3) is 0.522. The quantitative estimate of drug-likeness (QED) is 0.659. The lowest BCUT2D eigenvalue weighted by Crippen LogP contribution is -2.54. The van der Waals surface area contributed by atoms with Gasteiger partial charge in [-0.3, -0.25) is 9.59 Å². The molecule has 0 spiro atoms. The number of carbonyl (C=O) groups is 2. The normalized spacial score (nSPS) is 23.6. The van der Waals surface area contributed by atoms with Crippen molar-refractivity contribution in [3.05, 3.63) is 33.7 Å². The molecule has 2 aromatic rings. The number of primary amides is 1. The largest absolute Gasteiger partial charge is 0.496 e. The van der Waals surface area contributed by atoms with Crippen LogP contribution in [0.5, 0.6) is 5.75 Å². The first kappa shape index (κ1) is 22.3. The topological polar surface area (TPSA) is 90.5 Å². The molecule has 2 fully saturated rings. The number of nitrogens with zero attached hydrogens (tertiary/aromatic N) is 3. The van der Waals surface area contributed by atoms with E-state index in [1.807, 2.05) is 16.7 Å². The molecule has 2 amide bonds. The fourth-order valence-electron chi connectivity index (χ4n) is 5.35. The molecule has 2 aliphatic heterocycles. The van der Waals surface area contributed by atoms with Crippen molar-refractivity contribution >= 4 is 27.7 Å². The zero-order valence-electron chi connectivity index (χ0n) is 18.5. The third-order valence-corrected chi connectivity index (χ3v) is 7.94. The van der Waals surface area contributed by atoms with Crippen molar-refractivity contribution in [1.29, 1.82) is 0 Å². The molecule has 2 N–H and O–H groups in total. The second kappa shape index (κ2) is 7.51. The summed E-state index contributed by atoms with van der Waals surface area (Å²) in [5, 5.41) is 0. The minimum absolute atomic E-state index is 0.183. The van der Waals surface area contributed by atoms with Crippen LogP contribution in [0.3, 0.4) is 0 Å². The molecule has 1 atom stereocenters. The average molecular weight is 523 g/mol. The van der Waals surface area contributed by atoms with E-state index in [0.29, 0.717) is 49.5 Å². The predicted octanol–water partition coefficient (Wildman–Crippen LogP) is 3.87. The van der Waals surface area contributed by atoms with Gasteiger partial charge in [-0.15, -0.1) is 0 Å². The number of aromatic nitrogens is 2. The molecule has 0 unspecified atom stereocenters. The van der Waals surface area contributed by atoms with Crippen LogP contribution in [0.1, 0.15) is 60.4 Å². The van der Waals surface area contributed by atoms with Gasteiger partial charge in [-0.2, -0.15) is 0 Å². The van der Waals surface area contributed by atoms with Gasteiger partial charge < -0.3 is 19.9 Å². The minimum atomic E-state index is -2.72. The number of nitrogens with two attached hydrogens (primary N) is 1. The van der Waals surface area contributed by atoms with E-state index < -0.39 is 23.3 Å². The Morgan fingerprint density at radius 1 is 1.27 bits per heavy atom. The molecule has 0 bridgehead atoms. The number of alkyl halides is 2. The fourth-order valence-corrected chi connectivity index (χ4v) is 5.86. The number of fused-ring (bicyclic) bond motifs is 3. The predicted molar refractivity (Wildman–Crippen MR) is 120 cm³/mol. The summed E-state index contributed by atoms with van der Waals surface area (Å²) < 4.78 is 35.5. The molecule has 0 radical (unpaired) electrons. The van der Waals surface area contributed by atoms with Crippen LogP contribution in [0.2, 0.25) is 0 Å². The van der Waals surface area contributed by atoms with Gasteiger partial charge in [-0.05, 0) is 59.8 Å². The summed E-state index contributed by atoms with van der Waals surface area (Å²) in [6, 6.07) is 3.83. The lowest BCUT2D eigenvalue weighted by Gasteiger charge is -2.35. The molecule has 1 saturated carbocycles. The number of hydrogen-bond donors (Lipinski definition) is 1. The minimum Gasteiger partial charge on any atom is -0.496 e. The number of amides is 2. The Morgan fingerprint density at radius 3 is 2.64 bits per heavy atom. The number of methoxy groups -OCH3 is 1. The Kier molecular flexibility index (Phi) is 5.08. The van der Waals surface area contributed by atoms with Crippen molar-refractivity contribution in [2.45, 2.75) is 63.0 Å². The van der Waals surface area contributed by atoms with Gasteiger partial charge in [-0.25, -0.2) is 13.8 Å². The van der Waals surface area contributed by atoms with Crippen molar-refractivity contribution in [3.8, 4) is 17.0 Å². The Labute approximate surface area is 198 Å². The van der Waals surface area contributed by atoms with E-state index >= 15 is 0 Å². The van der Waals surface area contributed by atoms with E-state index in [2.05, 4.69) is 20.9 Å². The molecule has 1 aromatic carbocycles. The van der Waals surface area contributed by atoms with E-state index in [1.165, 1.54) is 4.90 Å². The first-order valence-electron chi connectivity index (χ1n) is 11.0. The van der Waals surface area contributed by atoms with Crippen LogP contribution < -0.4 is 10.5 Å². The number of imidazole rings is 1. The summed E-state index contributed by atoms with van der Waals surface area (Å²) >= 11 is 3.52. The summed E-state index contributed by atoms with van der Waals surface area (Å²) in [5.41, 5.74) is 7.63. The van der Waals surface area contributed by atoms with E-state index in [1.54, 1.807) is 14.0 Å². The van der Waals surface area contributed by atoms with Crippen LogP contribution >= 0.6 is 15.9 Å². The number of halogens is 3. The van der Waals surface area contributed by atoms with Gasteiger partial charge in [0.15, 0.2) is 5.82 Å². The number of ether oxygens (including phenoxy) is 1.